The van der Waals surface area contributed by atoms with Gasteiger partial charge in [-0.15, -0.1) is 0 Å². The van der Waals surface area contributed by atoms with E-state index in [1.165, 1.54) is 10.6 Å². The van der Waals surface area contributed by atoms with Crippen LogP contribution in [0, 0.1) is 11.6 Å². The lowest BCUT2D eigenvalue weighted by atomic mass is 9.97. The van der Waals surface area contributed by atoms with Gasteiger partial charge in [-0.05, 0) is 43.2 Å². The van der Waals surface area contributed by atoms with Crippen LogP contribution in [-0.4, -0.2) is 57.7 Å². The van der Waals surface area contributed by atoms with Gasteiger partial charge in [0.25, 0.3) is 11.5 Å². The summed E-state index contributed by atoms with van der Waals surface area (Å²) in [6.07, 6.45) is 0.280. The van der Waals surface area contributed by atoms with Crippen LogP contribution in [0.4, 0.5) is 8.78 Å². The van der Waals surface area contributed by atoms with E-state index in [0.29, 0.717) is 40.7 Å². The summed E-state index contributed by atoms with van der Waals surface area (Å²) in [4.78, 5) is 53.0. The van der Waals surface area contributed by atoms with E-state index in [9.17, 15) is 33.1 Å². The Morgan fingerprint density at radius 2 is 1.60 bits per heavy atom. The predicted octanol–water partition coefficient (Wildman–Crippen LogP) is 2.50. The van der Waals surface area contributed by atoms with E-state index in [1.807, 2.05) is 19.0 Å². The molecule has 1 heterocycles. The molecule has 0 unspecified atom stereocenters. The Kier molecular flexibility index (Phi) is 8.24. The number of aromatic nitrogens is 2. The van der Waals surface area contributed by atoms with Crippen molar-refractivity contribution < 1.29 is 23.5 Å². The van der Waals surface area contributed by atoms with Gasteiger partial charge in [0, 0.05) is 43.6 Å². The van der Waals surface area contributed by atoms with E-state index >= 15 is 0 Å². The first-order valence-electron chi connectivity index (χ1n) is 12.4. The number of nitrogens with zero attached hydrogens (tertiary/aromatic N) is 3. The van der Waals surface area contributed by atoms with Gasteiger partial charge in [-0.25, -0.2) is 22.9 Å². The van der Waals surface area contributed by atoms with E-state index < -0.39 is 46.4 Å². The lowest BCUT2D eigenvalue weighted by Crippen LogP contribution is -2.43. The standard InChI is InChI=1S/C29H28F2N4O5/c1-33(2)14-13-18-16-25(36)35(29(40)34(18)3)24-12-5-8-19-17(7-4-9-20(19)24)15-23(28(38)39)32-27(37)26-21(30)10-6-11-22(26)31/h4-12,16,23H,13-15H2,1-3H3,(H,32,37)(H,38,39)/t23-/m0/s1. The molecular formula is C29H28F2N4O5. The molecule has 1 atom stereocenters. The summed E-state index contributed by atoms with van der Waals surface area (Å²) in [5.41, 5.74) is -0.522. The number of benzene rings is 3. The quantitative estimate of drug-likeness (QED) is 0.331. The molecule has 40 heavy (non-hydrogen) atoms. The molecule has 3 aromatic carbocycles. The predicted molar refractivity (Wildman–Crippen MR) is 146 cm³/mol. The lowest BCUT2D eigenvalue weighted by Gasteiger charge is -2.18. The van der Waals surface area contributed by atoms with Crippen LogP contribution in [-0.2, 0) is 24.7 Å². The fraction of sp³-hybridized carbons (Fsp3) is 0.241. The number of fused-ring (bicyclic) bond motifs is 1. The third-order valence-corrected chi connectivity index (χ3v) is 6.68. The monoisotopic (exact) mass is 550 g/mol. The summed E-state index contributed by atoms with van der Waals surface area (Å²) < 4.78 is 30.6. The van der Waals surface area contributed by atoms with Crippen LogP contribution in [0.15, 0.2) is 70.3 Å². The summed E-state index contributed by atoms with van der Waals surface area (Å²) in [7, 11) is 5.38. The maximum absolute atomic E-state index is 14.1. The molecule has 0 aliphatic rings. The first-order chi connectivity index (χ1) is 19.0. The molecule has 0 bridgehead atoms. The first kappa shape index (κ1) is 28.4. The van der Waals surface area contributed by atoms with Gasteiger partial charge in [0.2, 0.25) is 0 Å². The highest BCUT2D eigenvalue weighted by atomic mass is 19.1. The van der Waals surface area contributed by atoms with Crippen molar-refractivity contribution in [2.75, 3.05) is 20.6 Å². The van der Waals surface area contributed by atoms with Crippen molar-refractivity contribution in [1.82, 2.24) is 19.4 Å². The number of carboxylic acid groups (broad SMARTS) is 1. The molecule has 0 saturated heterocycles. The van der Waals surface area contributed by atoms with Crippen LogP contribution in [0.5, 0.6) is 0 Å². The highest BCUT2D eigenvalue weighted by Gasteiger charge is 2.26. The number of rotatable bonds is 9. The number of hydrogen-bond acceptors (Lipinski definition) is 5. The molecule has 0 aliphatic carbocycles. The van der Waals surface area contributed by atoms with Gasteiger partial charge in [0.05, 0.1) is 5.69 Å². The minimum atomic E-state index is -1.52. The molecule has 1 amide bonds. The minimum absolute atomic E-state index is 0.228. The van der Waals surface area contributed by atoms with Crippen molar-refractivity contribution in [2.45, 2.75) is 18.9 Å². The van der Waals surface area contributed by atoms with Crippen LogP contribution >= 0.6 is 0 Å². The van der Waals surface area contributed by atoms with E-state index in [2.05, 4.69) is 5.32 Å². The Labute approximate surface area is 227 Å². The smallest absolute Gasteiger partial charge is 0.335 e. The van der Waals surface area contributed by atoms with Gasteiger partial charge in [-0.2, -0.15) is 0 Å². The minimum Gasteiger partial charge on any atom is -0.480 e. The summed E-state index contributed by atoms with van der Waals surface area (Å²) in [6, 6.07) is 12.7. The van der Waals surface area contributed by atoms with Gasteiger partial charge in [-0.3, -0.25) is 9.59 Å². The molecule has 0 aliphatic heterocycles. The lowest BCUT2D eigenvalue weighted by molar-refractivity contribution is -0.139. The molecule has 0 fully saturated rings. The van der Waals surface area contributed by atoms with Gasteiger partial charge in [0.15, 0.2) is 0 Å². The third kappa shape index (κ3) is 5.69. The average Bonchev–Trinajstić information content (AvgIpc) is 2.89. The summed E-state index contributed by atoms with van der Waals surface area (Å²) >= 11 is 0. The summed E-state index contributed by atoms with van der Waals surface area (Å²) in [5, 5.41) is 13.0. The van der Waals surface area contributed by atoms with Crippen LogP contribution in [0.2, 0.25) is 0 Å². The van der Waals surface area contributed by atoms with Crippen molar-refractivity contribution >= 4 is 22.6 Å². The Morgan fingerprint density at radius 3 is 2.25 bits per heavy atom. The highest BCUT2D eigenvalue weighted by molar-refractivity contribution is 5.97. The highest BCUT2D eigenvalue weighted by Crippen LogP contribution is 2.25. The molecule has 0 spiro atoms. The van der Waals surface area contributed by atoms with E-state index in [0.717, 1.165) is 22.8 Å². The topological polar surface area (TPSA) is 114 Å². The second-order valence-electron chi connectivity index (χ2n) is 9.66. The maximum atomic E-state index is 14.1. The first-order valence-corrected chi connectivity index (χ1v) is 12.4. The normalized spacial score (nSPS) is 12.1. The summed E-state index contributed by atoms with van der Waals surface area (Å²) in [6.45, 7) is 0.652. The van der Waals surface area contributed by atoms with Gasteiger partial charge >= 0.3 is 11.7 Å². The number of carbonyl (C=O) groups is 2. The zero-order chi connectivity index (χ0) is 29.1. The SMILES string of the molecule is CN(C)CCc1cc(=O)n(-c2cccc3c(C[C@H](NC(=O)c4c(F)cccc4F)C(=O)O)cccc23)c(=O)n1C. The average molecular weight is 551 g/mol. The van der Waals surface area contributed by atoms with Crippen molar-refractivity contribution in [3.8, 4) is 5.69 Å². The molecule has 4 rings (SSSR count). The molecule has 11 heteroatoms. The number of hydrogen-bond donors (Lipinski definition) is 2. The number of amides is 1. The maximum Gasteiger partial charge on any atom is 0.335 e. The number of likely N-dealkylation sites (N-methyl/N-ethyl adjacent to an activating group) is 1. The second kappa shape index (κ2) is 11.6. The third-order valence-electron chi connectivity index (χ3n) is 6.68. The van der Waals surface area contributed by atoms with Crippen molar-refractivity contribution in [1.29, 1.82) is 0 Å². The number of aliphatic carboxylic acids is 1. The fourth-order valence-corrected chi connectivity index (χ4v) is 4.57. The largest absolute Gasteiger partial charge is 0.480 e. The van der Waals surface area contributed by atoms with E-state index in [-0.39, 0.29) is 6.42 Å². The number of carboxylic acids is 1. The molecule has 208 valence electrons. The van der Waals surface area contributed by atoms with E-state index in [4.69, 9.17) is 0 Å². The van der Waals surface area contributed by atoms with Crippen LogP contribution in [0.25, 0.3) is 16.5 Å². The molecule has 4 aromatic rings. The van der Waals surface area contributed by atoms with E-state index in [1.54, 1.807) is 43.4 Å². The van der Waals surface area contributed by atoms with Crippen LogP contribution < -0.4 is 16.6 Å². The fourth-order valence-electron chi connectivity index (χ4n) is 4.57. The van der Waals surface area contributed by atoms with Crippen molar-refractivity contribution in [2.24, 2.45) is 7.05 Å². The second-order valence-corrected chi connectivity index (χ2v) is 9.66. The number of nitrogens with one attached hydrogen (secondary N) is 1. The number of halogens is 2. The van der Waals surface area contributed by atoms with Crippen molar-refractivity contribution in [3.05, 3.63) is 110 Å². The Morgan fingerprint density at radius 1 is 0.975 bits per heavy atom. The molecule has 9 nitrogen and oxygen atoms in total. The van der Waals surface area contributed by atoms with Gasteiger partial charge in [0.1, 0.15) is 23.2 Å². The van der Waals surface area contributed by atoms with Crippen LogP contribution in [0.1, 0.15) is 21.6 Å². The zero-order valence-electron chi connectivity index (χ0n) is 22.1. The molecule has 1 aromatic heterocycles. The molecule has 2 N–H and O–H groups in total. The Bertz CT molecular complexity index is 1710. The van der Waals surface area contributed by atoms with Crippen LogP contribution in [0.3, 0.4) is 0 Å². The number of carbonyl (C=O) groups excluding carboxylic acids is 1. The Balaban J connectivity index is 1.73. The molecule has 0 saturated carbocycles. The molecule has 0 radical (unpaired) electrons. The summed E-state index contributed by atoms with van der Waals surface area (Å²) in [5.74, 6) is -4.84. The molecular weight excluding hydrogens is 522 g/mol. The van der Waals surface area contributed by atoms with Crippen molar-refractivity contribution in [3.63, 3.8) is 0 Å². The van der Waals surface area contributed by atoms with Gasteiger partial charge < -0.3 is 19.9 Å². The zero-order valence-corrected chi connectivity index (χ0v) is 22.1. The Hall–Kier alpha value is -4.64. The van der Waals surface area contributed by atoms with Gasteiger partial charge in [-0.1, -0.05) is 36.4 Å².